The Morgan fingerprint density at radius 1 is 1.71 bits per heavy atom. The number of carbonyl (C=O) groups is 1. The molecule has 0 aromatic carbocycles. The quantitative estimate of drug-likeness (QED) is 0.896. The summed E-state index contributed by atoms with van der Waals surface area (Å²) < 4.78 is 0.999. The molecule has 1 heterocycles. The number of nitrogens with two attached hydrogens (primary N) is 1. The van der Waals surface area contributed by atoms with Crippen LogP contribution in [0.25, 0.3) is 0 Å². The van der Waals surface area contributed by atoms with Crippen molar-refractivity contribution in [2.75, 3.05) is 11.9 Å². The summed E-state index contributed by atoms with van der Waals surface area (Å²) in [7, 11) is 1.77. The number of rotatable bonds is 2. The monoisotopic (exact) mass is 274 g/mol. The normalized spacial score (nSPS) is 17.9. The minimum absolute atomic E-state index is 0.0202. The molecule has 1 fully saturated rings. The van der Waals surface area contributed by atoms with Gasteiger partial charge in [-0.1, -0.05) is 0 Å². The molecule has 0 saturated heterocycles. The van der Waals surface area contributed by atoms with Crippen LogP contribution in [0.5, 0.6) is 0 Å². The lowest BCUT2D eigenvalue weighted by atomic mass is 10.2. The predicted octanol–water partition coefficient (Wildman–Crippen LogP) is 1.96. The van der Waals surface area contributed by atoms with Gasteiger partial charge in [-0.15, -0.1) is 11.3 Å². The fourth-order valence-electron chi connectivity index (χ4n) is 1.26. The molecule has 5 heteroatoms. The molecule has 1 saturated carbocycles. The highest BCUT2D eigenvalue weighted by Gasteiger charge is 2.47. The van der Waals surface area contributed by atoms with Crippen molar-refractivity contribution < 1.29 is 4.79 Å². The van der Waals surface area contributed by atoms with Gasteiger partial charge < -0.3 is 10.6 Å². The summed E-state index contributed by atoms with van der Waals surface area (Å²) in [5.41, 5.74) is 5.26. The number of likely N-dealkylation sites (N-methyl/N-ethyl adjacent to an activating group) is 1. The van der Waals surface area contributed by atoms with Crippen LogP contribution in [0.2, 0.25) is 0 Å². The molecule has 2 rings (SSSR count). The third-order valence-corrected chi connectivity index (χ3v) is 4.17. The number of amides is 1. The van der Waals surface area contributed by atoms with Gasteiger partial charge in [0.2, 0.25) is 5.91 Å². The first-order valence-corrected chi connectivity index (χ1v) is 6.01. The molecule has 0 atom stereocenters. The molecule has 1 amide bonds. The standard InChI is InChI=1S/C9H11BrN2OS/c1-12(7-4-6(10)5-14-7)8(13)9(11)2-3-9/h4-5H,2-3,11H2,1H3. The van der Waals surface area contributed by atoms with E-state index >= 15 is 0 Å². The van der Waals surface area contributed by atoms with Gasteiger partial charge in [0.15, 0.2) is 0 Å². The van der Waals surface area contributed by atoms with Crippen LogP contribution in [0.3, 0.4) is 0 Å². The average Bonchev–Trinajstić information content (AvgIpc) is 2.75. The first-order chi connectivity index (χ1) is 6.53. The molecule has 0 unspecified atom stereocenters. The van der Waals surface area contributed by atoms with Gasteiger partial charge in [0.05, 0.1) is 10.5 Å². The van der Waals surface area contributed by atoms with Crippen molar-refractivity contribution in [1.29, 1.82) is 0 Å². The summed E-state index contributed by atoms with van der Waals surface area (Å²) in [6.07, 6.45) is 1.62. The van der Waals surface area contributed by atoms with Crippen molar-refractivity contribution in [3.05, 3.63) is 15.9 Å². The molecule has 2 N–H and O–H groups in total. The van der Waals surface area contributed by atoms with E-state index in [1.54, 1.807) is 11.9 Å². The molecule has 76 valence electrons. The maximum absolute atomic E-state index is 11.8. The number of anilines is 1. The fraction of sp³-hybridized carbons (Fsp3) is 0.444. The van der Waals surface area contributed by atoms with Crippen LogP contribution in [0.4, 0.5) is 5.00 Å². The summed E-state index contributed by atoms with van der Waals surface area (Å²) in [6, 6.07) is 1.92. The zero-order valence-corrected chi connectivity index (χ0v) is 10.2. The molecule has 1 aliphatic carbocycles. The van der Waals surface area contributed by atoms with E-state index in [2.05, 4.69) is 15.9 Å². The number of halogens is 1. The Labute approximate surface area is 95.0 Å². The Hall–Kier alpha value is -0.390. The zero-order chi connectivity index (χ0) is 10.3. The topological polar surface area (TPSA) is 46.3 Å². The summed E-state index contributed by atoms with van der Waals surface area (Å²) in [5, 5.41) is 2.88. The molecular formula is C9H11BrN2OS. The van der Waals surface area contributed by atoms with E-state index in [1.807, 2.05) is 11.4 Å². The molecular weight excluding hydrogens is 264 g/mol. The number of carbonyl (C=O) groups excluding carboxylic acids is 1. The molecule has 3 nitrogen and oxygen atoms in total. The van der Waals surface area contributed by atoms with Gasteiger partial charge in [0, 0.05) is 16.9 Å². The van der Waals surface area contributed by atoms with Crippen molar-refractivity contribution in [3.8, 4) is 0 Å². The Morgan fingerprint density at radius 3 is 2.79 bits per heavy atom. The first kappa shape index (κ1) is 10.1. The lowest BCUT2D eigenvalue weighted by molar-refractivity contribution is -0.120. The van der Waals surface area contributed by atoms with Crippen LogP contribution in [0.15, 0.2) is 15.9 Å². The number of nitrogens with zero attached hydrogens (tertiary/aromatic N) is 1. The summed E-state index contributed by atoms with van der Waals surface area (Å²) >= 11 is 4.89. The van der Waals surface area contributed by atoms with Crippen molar-refractivity contribution in [3.63, 3.8) is 0 Å². The Bertz CT molecular complexity index is 373. The van der Waals surface area contributed by atoms with Gasteiger partial charge in [-0.25, -0.2) is 0 Å². The maximum atomic E-state index is 11.8. The molecule has 0 aliphatic heterocycles. The molecule has 1 aliphatic rings. The predicted molar refractivity (Wildman–Crippen MR) is 61.6 cm³/mol. The Balaban J connectivity index is 2.15. The lowest BCUT2D eigenvalue weighted by Crippen LogP contribution is -2.43. The van der Waals surface area contributed by atoms with E-state index in [9.17, 15) is 4.79 Å². The number of hydrogen-bond donors (Lipinski definition) is 1. The Kier molecular flexibility index (Phi) is 2.41. The highest BCUT2D eigenvalue weighted by atomic mass is 79.9. The average molecular weight is 275 g/mol. The van der Waals surface area contributed by atoms with Gasteiger partial charge in [0.1, 0.15) is 0 Å². The molecule has 0 spiro atoms. The van der Waals surface area contributed by atoms with Crippen LogP contribution in [0, 0.1) is 0 Å². The van der Waals surface area contributed by atoms with Crippen molar-refractivity contribution >= 4 is 38.2 Å². The maximum Gasteiger partial charge on any atom is 0.247 e. The van der Waals surface area contributed by atoms with E-state index < -0.39 is 5.54 Å². The smallest absolute Gasteiger partial charge is 0.247 e. The summed E-state index contributed by atoms with van der Waals surface area (Å²) in [6.45, 7) is 0. The largest absolute Gasteiger partial charge is 0.317 e. The highest BCUT2D eigenvalue weighted by Crippen LogP contribution is 2.36. The second-order valence-electron chi connectivity index (χ2n) is 3.62. The van der Waals surface area contributed by atoms with Gasteiger partial charge in [0.25, 0.3) is 0 Å². The number of thiophene rings is 1. The SMILES string of the molecule is CN(C(=O)C1(N)CC1)c1cc(Br)cs1. The zero-order valence-electron chi connectivity index (χ0n) is 7.79. The number of hydrogen-bond acceptors (Lipinski definition) is 3. The van der Waals surface area contributed by atoms with E-state index in [4.69, 9.17) is 5.73 Å². The minimum atomic E-state index is -0.578. The van der Waals surface area contributed by atoms with E-state index in [1.165, 1.54) is 11.3 Å². The summed E-state index contributed by atoms with van der Waals surface area (Å²) in [5.74, 6) is 0.0202. The third-order valence-electron chi connectivity index (χ3n) is 2.40. The molecule has 1 aromatic heterocycles. The highest BCUT2D eigenvalue weighted by molar-refractivity contribution is 9.10. The molecule has 0 radical (unpaired) electrons. The van der Waals surface area contributed by atoms with E-state index in [0.29, 0.717) is 0 Å². The lowest BCUT2D eigenvalue weighted by Gasteiger charge is -2.18. The molecule has 14 heavy (non-hydrogen) atoms. The van der Waals surface area contributed by atoms with Gasteiger partial charge >= 0.3 is 0 Å². The van der Waals surface area contributed by atoms with Crippen molar-refractivity contribution in [2.45, 2.75) is 18.4 Å². The van der Waals surface area contributed by atoms with Crippen molar-refractivity contribution in [1.82, 2.24) is 0 Å². The van der Waals surface area contributed by atoms with Crippen LogP contribution in [0.1, 0.15) is 12.8 Å². The first-order valence-electron chi connectivity index (χ1n) is 4.34. The van der Waals surface area contributed by atoms with Gasteiger partial charge in [-0.2, -0.15) is 0 Å². The van der Waals surface area contributed by atoms with E-state index in [-0.39, 0.29) is 5.91 Å². The van der Waals surface area contributed by atoms with Crippen LogP contribution < -0.4 is 10.6 Å². The summed E-state index contributed by atoms with van der Waals surface area (Å²) in [4.78, 5) is 13.5. The van der Waals surface area contributed by atoms with Gasteiger partial charge in [-0.3, -0.25) is 4.79 Å². The van der Waals surface area contributed by atoms with Crippen LogP contribution in [-0.2, 0) is 4.79 Å². The van der Waals surface area contributed by atoms with Crippen molar-refractivity contribution in [2.24, 2.45) is 5.73 Å². The third kappa shape index (κ3) is 1.71. The Morgan fingerprint density at radius 2 is 2.36 bits per heavy atom. The van der Waals surface area contributed by atoms with E-state index in [0.717, 1.165) is 22.3 Å². The van der Waals surface area contributed by atoms with Crippen LogP contribution in [-0.4, -0.2) is 18.5 Å². The fourth-order valence-corrected chi connectivity index (χ4v) is 2.65. The van der Waals surface area contributed by atoms with Crippen LogP contribution >= 0.6 is 27.3 Å². The minimum Gasteiger partial charge on any atom is -0.317 e. The second kappa shape index (κ2) is 3.32. The molecule has 0 bridgehead atoms. The van der Waals surface area contributed by atoms with Gasteiger partial charge in [-0.05, 0) is 34.8 Å². The molecule has 1 aromatic rings. The second-order valence-corrected chi connectivity index (χ2v) is 5.43.